The first-order valence-electron chi connectivity index (χ1n) is 10.4. The molecule has 1 heterocycles. The monoisotopic (exact) mass is 427 g/mol. The number of amides is 3. The maximum Gasteiger partial charge on any atom is 0.261 e. The lowest BCUT2D eigenvalue weighted by Crippen LogP contribution is -2.47. The summed E-state index contributed by atoms with van der Waals surface area (Å²) in [4.78, 5) is 40.0. The van der Waals surface area contributed by atoms with Gasteiger partial charge in [-0.3, -0.25) is 14.4 Å². The Balaban J connectivity index is 1.71. The molecular formula is C23H29N3O3S. The number of benzene rings is 1. The Labute approximate surface area is 181 Å². The van der Waals surface area contributed by atoms with Crippen LogP contribution >= 0.6 is 11.3 Å². The molecule has 1 aliphatic carbocycles. The van der Waals surface area contributed by atoms with Crippen molar-refractivity contribution < 1.29 is 14.4 Å². The molecule has 3 rings (SSSR count). The highest BCUT2D eigenvalue weighted by Crippen LogP contribution is 2.23. The quantitative estimate of drug-likeness (QED) is 0.709. The van der Waals surface area contributed by atoms with Crippen LogP contribution in [0.15, 0.2) is 35.7 Å². The first kappa shape index (κ1) is 22.0. The van der Waals surface area contributed by atoms with Gasteiger partial charge in [-0.25, -0.2) is 0 Å². The summed E-state index contributed by atoms with van der Waals surface area (Å²) in [5, 5.41) is 7.56. The van der Waals surface area contributed by atoms with Crippen LogP contribution in [0.1, 0.15) is 52.9 Å². The molecule has 0 atom stereocenters. The van der Waals surface area contributed by atoms with Crippen molar-refractivity contribution in [2.75, 3.05) is 18.0 Å². The third-order valence-electron chi connectivity index (χ3n) is 5.59. The molecule has 2 aromatic rings. The second-order valence-electron chi connectivity index (χ2n) is 7.76. The van der Waals surface area contributed by atoms with Gasteiger partial charge in [-0.15, -0.1) is 11.3 Å². The molecule has 0 spiro atoms. The third kappa shape index (κ3) is 5.69. The van der Waals surface area contributed by atoms with E-state index in [4.69, 9.17) is 0 Å². The van der Waals surface area contributed by atoms with Crippen LogP contribution in [-0.4, -0.2) is 36.9 Å². The van der Waals surface area contributed by atoms with Gasteiger partial charge >= 0.3 is 0 Å². The van der Waals surface area contributed by atoms with Crippen LogP contribution in [0.2, 0.25) is 0 Å². The molecule has 0 radical (unpaired) electrons. The van der Waals surface area contributed by atoms with Crippen LogP contribution in [0.3, 0.4) is 0 Å². The second kappa shape index (κ2) is 10.4. The number of aryl methyl sites for hydroxylation is 1. The zero-order valence-corrected chi connectivity index (χ0v) is 18.4. The first-order valence-corrected chi connectivity index (χ1v) is 11.3. The molecule has 0 unspecified atom stereocenters. The Morgan fingerprint density at radius 2 is 1.83 bits per heavy atom. The molecule has 6 nitrogen and oxygen atoms in total. The molecule has 0 saturated heterocycles. The van der Waals surface area contributed by atoms with E-state index in [1.807, 2.05) is 37.4 Å². The minimum Gasteiger partial charge on any atom is -0.352 e. The van der Waals surface area contributed by atoms with Gasteiger partial charge in [0.05, 0.1) is 11.4 Å². The molecular weight excluding hydrogens is 398 g/mol. The average Bonchev–Trinajstić information content (AvgIpc) is 3.28. The summed E-state index contributed by atoms with van der Waals surface area (Å²) < 4.78 is 0. The molecule has 7 heteroatoms. The van der Waals surface area contributed by atoms with Crippen LogP contribution in [0.5, 0.6) is 0 Å². The zero-order valence-electron chi connectivity index (χ0n) is 17.6. The minimum atomic E-state index is -0.313. The largest absolute Gasteiger partial charge is 0.352 e. The number of carbonyl (C=O) groups excluding carboxylic acids is 3. The molecule has 1 fully saturated rings. The summed E-state index contributed by atoms with van der Waals surface area (Å²) in [5.74, 6) is -0.765. The summed E-state index contributed by atoms with van der Waals surface area (Å²) in [5.41, 5.74) is 2.69. The maximum atomic E-state index is 13.0. The summed E-state index contributed by atoms with van der Waals surface area (Å²) in [6.45, 7) is 3.69. The van der Waals surface area contributed by atoms with Crippen molar-refractivity contribution in [2.45, 2.75) is 52.0 Å². The van der Waals surface area contributed by atoms with Gasteiger partial charge in [0.15, 0.2) is 0 Å². The highest BCUT2D eigenvalue weighted by atomic mass is 32.1. The molecule has 3 amide bonds. The molecule has 1 saturated carbocycles. The molecule has 0 bridgehead atoms. The first-order chi connectivity index (χ1) is 14.5. The van der Waals surface area contributed by atoms with Gasteiger partial charge in [0.2, 0.25) is 11.8 Å². The molecule has 2 N–H and O–H groups in total. The Hall–Kier alpha value is -2.67. The van der Waals surface area contributed by atoms with E-state index in [2.05, 4.69) is 10.6 Å². The summed E-state index contributed by atoms with van der Waals surface area (Å²) >= 11 is 1.32. The van der Waals surface area contributed by atoms with E-state index < -0.39 is 0 Å². The lowest BCUT2D eigenvalue weighted by Gasteiger charge is -2.27. The van der Waals surface area contributed by atoms with E-state index in [0.717, 1.165) is 36.8 Å². The van der Waals surface area contributed by atoms with Gasteiger partial charge in [0.25, 0.3) is 5.91 Å². The van der Waals surface area contributed by atoms with Crippen LogP contribution in [-0.2, 0) is 9.59 Å². The van der Waals surface area contributed by atoms with Gasteiger partial charge in [0, 0.05) is 11.7 Å². The zero-order chi connectivity index (χ0) is 21.5. The number of hydrogen-bond acceptors (Lipinski definition) is 4. The summed E-state index contributed by atoms with van der Waals surface area (Å²) in [7, 11) is 0. The van der Waals surface area contributed by atoms with Crippen molar-refractivity contribution in [3.05, 3.63) is 51.7 Å². The van der Waals surface area contributed by atoms with E-state index in [1.165, 1.54) is 22.7 Å². The van der Waals surface area contributed by atoms with Gasteiger partial charge < -0.3 is 15.5 Å². The van der Waals surface area contributed by atoms with Gasteiger partial charge in [-0.1, -0.05) is 37.5 Å². The molecule has 1 aromatic carbocycles. The highest BCUT2D eigenvalue weighted by Gasteiger charge is 2.24. The number of thiophene rings is 1. The number of carbonyl (C=O) groups is 3. The van der Waals surface area contributed by atoms with E-state index >= 15 is 0 Å². The normalized spacial score (nSPS) is 14.2. The van der Waals surface area contributed by atoms with E-state index in [9.17, 15) is 14.4 Å². The van der Waals surface area contributed by atoms with Crippen molar-refractivity contribution in [3.63, 3.8) is 0 Å². The number of rotatable bonds is 7. The maximum absolute atomic E-state index is 13.0. The predicted octanol–water partition coefficient (Wildman–Crippen LogP) is 3.58. The molecule has 1 aromatic heterocycles. The SMILES string of the molecule is Cc1cccc(N(CC(=O)NC2CCCCC2)C(=O)CNC(=O)c2cccs2)c1C. The number of nitrogens with zero attached hydrogens (tertiary/aromatic N) is 1. The van der Waals surface area contributed by atoms with Crippen LogP contribution in [0.4, 0.5) is 5.69 Å². The van der Waals surface area contributed by atoms with Gasteiger partial charge in [-0.2, -0.15) is 0 Å². The Bertz CT molecular complexity index is 889. The second-order valence-corrected chi connectivity index (χ2v) is 8.71. The van der Waals surface area contributed by atoms with Crippen molar-refractivity contribution >= 4 is 34.7 Å². The smallest absolute Gasteiger partial charge is 0.261 e. The van der Waals surface area contributed by atoms with Crippen molar-refractivity contribution in [1.82, 2.24) is 10.6 Å². The van der Waals surface area contributed by atoms with E-state index in [0.29, 0.717) is 10.6 Å². The fourth-order valence-corrected chi connectivity index (χ4v) is 4.39. The van der Waals surface area contributed by atoms with Gasteiger partial charge in [0.1, 0.15) is 6.54 Å². The van der Waals surface area contributed by atoms with E-state index in [-0.39, 0.29) is 36.9 Å². The summed E-state index contributed by atoms with van der Waals surface area (Å²) in [6, 6.07) is 9.38. The fraction of sp³-hybridized carbons (Fsp3) is 0.435. The molecule has 0 aliphatic heterocycles. The van der Waals surface area contributed by atoms with Crippen LogP contribution in [0.25, 0.3) is 0 Å². The van der Waals surface area contributed by atoms with Crippen LogP contribution in [0, 0.1) is 13.8 Å². The molecule has 30 heavy (non-hydrogen) atoms. The highest BCUT2D eigenvalue weighted by molar-refractivity contribution is 7.12. The lowest BCUT2D eigenvalue weighted by molar-refractivity contribution is -0.124. The number of nitrogens with one attached hydrogen (secondary N) is 2. The molecule has 1 aliphatic rings. The van der Waals surface area contributed by atoms with Gasteiger partial charge in [-0.05, 0) is 55.3 Å². The Kier molecular flexibility index (Phi) is 7.63. The van der Waals surface area contributed by atoms with Crippen LogP contribution < -0.4 is 15.5 Å². The topological polar surface area (TPSA) is 78.5 Å². The van der Waals surface area contributed by atoms with Crippen molar-refractivity contribution in [1.29, 1.82) is 0 Å². The Morgan fingerprint density at radius 1 is 1.07 bits per heavy atom. The number of anilines is 1. The summed E-state index contributed by atoms with van der Waals surface area (Å²) in [6.07, 6.45) is 5.43. The van der Waals surface area contributed by atoms with Crippen molar-refractivity contribution in [2.24, 2.45) is 0 Å². The minimum absolute atomic E-state index is 0.0610. The standard InChI is InChI=1S/C23H29N3O3S/c1-16-8-6-11-19(17(16)2)26(15-21(27)25-18-9-4-3-5-10-18)22(28)14-24-23(29)20-12-7-13-30-20/h6-8,11-13,18H,3-5,9-10,14-15H2,1-2H3,(H,24,29)(H,25,27). The predicted molar refractivity (Wildman–Crippen MR) is 120 cm³/mol. The number of hydrogen-bond donors (Lipinski definition) is 2. The fourth-order valence-electron chi connectivity index (χ4n) is 3.75. The Morgan fingerprint density at radius 3 is 2.53 bits per heavy atom. The lowest BCUT2D eigenvalue weighted by atomic mass is 9.95. The third-order valence-corrected chi connectivity index (χ3v) is 6.45. The average molecular weight is 428 g/mol. The van der Waals surface area contributed by atoms with E-state index in [1.54, 1.807) is 12.1 Å². The van der Waals surface area contributed by atoms with Crippen molar-refractivity contribution in [3.8, 4) is 0 Å². The molecule has 160 valence electrons.